The molecule has 0 aliphatic heterocycles. The average Bonchev–Trinajstić information content (AvgIpc) is 2.29. The Morgan fingerprint density at radius 2 is 1.88 bits per heavy atom. The maximum Gasteiger partial charge on any atom is 0.248 e. The van der Waals surface area contributed by atoms with Crippen molar-refractivity contribution in [1.82, 2.24) is 0 Å². The van der Waals surface area contributed by atoms with E-state index in [2.05, 4.69) is 0 Å². The maximum absolute atomic E-state index is 11.4. The van der Waals surface area contributed by atoms with Gasteiger partial charge in [-0.25, -0.2) is 0 Å². The third-order valence-electron chi connectivity index (χ3n) is 3.45. The predicted octanol–water partition coefficient (Wildman–Crippen LogP) is 1.77. The molecule has 0 saturated heterocycles. The molecule has 3 nitrogen and oxygen atoms in total. The summed E-state index contributed by atoms with van der Waals surface area (Å²) in [6, 6.07) is 7.73. The highest BCUT2D eigenvalue weighted by Gasteiger charge is 2.26. The molecule has 0 spiro atoms. The van der Waals surface area contributed by atoms with Crippen molar-refractivity contribution < 1.29 is 4.79 Å². The van der Waals surface area contributed by atoms with Crippen LogP contribution in [0, 0.1) is 0 Å². The van der Waals surface area contributed by atoms with Gasteiger partial charge in [0.05, 0.1) is 0 Å². The van der Waals surface area contributed by atoms with E-state index in [1.807, 2.05) is 18.2 Å². The van der Waals surface area contributed by atoms with E-state index in [0.29, 0.717) is 5.56 Å². The minimum absolute atomic E-state index is 0.161. The molecular weight excluding hydrogens is 200 g/mol. The normalized spacial score (nSPS) is 25.3. The zero-order chi connectivity index (χ0) is 11.5. The smallest absolute Gasteiger partial charge is 0.248 e. The lowest BCUT2D eigenvalue weighted by Gasteiger charge is -2.29. The van der Waals surface area contributed by atoms with Gasteiger partial charge in [0.25, 0.3) is 0 Å². The van der Waals surface area contributed by atoms with Gasteiger partial charge in [0, 0.05) is 11.6 Å². The standard InChI is InChI=1S/C13H18N2O/c14-12-8-4-3-6-10(12)9-5-1-2-7-11(9)13(15)16/h1-2,5,7,10,12H,3-4,6,8,14H2,(H2,15,16)/t10-,12-/m1/s1. The van der Waals surface area contributed by atoms with Crippen LogP contribution in [-0.2, 0) is 0 Å². The number of carbonyl (C=O) groups excluding carboxylic acids is 1. The zero-order valence-electron chi connectivity index (χ0n) is 9.36. The third-order valence-corrected chi connectivity index (χ3v) is 3.45. The van der Waals surface area contributed by atoms with Gasteiger partial charge < -0.3 is 11.5 Å². The molecule has 1 aliphatic carbocycles. The second-order valence-corrected chi connectivity index (χ2v) is 4.51. The van der Waals surface area contributed by atoms with Crippen LogP contribution >= 0.6 is 0 Å². The Hall–Kier alpha value is -1.35. The van der Waals surface area contributed by atoms with Crippen molar-refractivity contribution in [1.29, 1.82) is 0 Å². The van der Waals surface area contributed by atoms with E-state index in [-0.39, 0.29) is 17.9 Å². The van der Waals surface area contributed by atoms with Crippen molar-refractivity contribution in [2.24, 2.45) is 11.5 Å². The number of amides is 1. The van der Waals surface area contributed by atoms with Crippen molar-refractivity contribution in [3.8, 4) is 0 Å². The SMILES string of the molecule is NC(=O)c1ccccc1[C@H]1CCCC[C@H]1N. The van der Waals surface area contributed by atoms with Gasteiger partial charge in [0.1, 0.15) is 0 Å². The fourth-order valence-electron chi connectivity index (χ4n) is 2.59. The van der Waals surface area contributed by atoms with E-state index in [9.17, 15) is 4.79 Å². The molecule has 0 unspecified atom stereocenters. The molecule has 1 saturated carbocycles. The first kappa shape index (κ1) is 11.1. The Bertz CT molecular complexity index is 389. The number of carbonyl (C=O) groups is 1. The Balaban J connectivity index is 2.34. The largest absolute Gasteiger partial charge is 0.366 e. The molecule has 0 bridgehead atoms. The monoisotopic (exact) mass is 218 g/mol. The summed E-state index contributed by atoms with van der Waals surface area (Å²) in [5, 5.41) is 0. The van der Waals surface area contributed by atoms with E-state index >= 15 is 0 Å². The van der Waals surface area contributed by atoms with Gasteiger partial charge >= 0.3 is 0 Å². The molecule has 1 amide bonds. The van der Waals surface area contributed by atoms with E-state index in [1.54, 1.807) is 6.07 Å². The maximum atomic E-state index is 11.4. The lowest BCUT2D eigenvalue weighted by molar-refractivity contribution is 0.0998. The fourth-order valence-corrected chi connectivity index (χ4v) is 2.59. The van der Waals surface area contributed by atoms with Crippen LogP contribution in [0.3, 0.4) is 0 Å². The molecule has 16 heavy (non-hydrogen) atoms. The second-order valence-electron chi connectivity index (χ2n) is 4.51. The number of nitrogens with two attached hydrogens (primary N) is 2. The predicted molar refractivity (Wildman–Crippen MR) is 64.1 cm³/mol. The van der Waals surface area contributed by atoms with Crippen LogP contribution in [0.5, 0.6) is 0 Å². The van der Waals surface area contributed by atoms with Gasteiger partial charge in [-0.05, 0) is 30.4 Å². The topological polar surface area (TPSA) is 69.1 Å². The summed E-state index contributed by atoms with van der Waals surface area (Å²) in [6.07, 6.45) is 4.48. The zero-order valence-corrected chi connectivity index (χ0v) is 9.36. The molecule has 86 valence electrons. The Labute approximate surface area is 95.8 Å². The van der Waals surface area contributed by atoms with Gasteiger partial charge in [-0.2, -0.15) is 0 Å². The first-order valence-corrected chi connectivity index (χ1v) is 5.84. The van der Waals surface area contributed by atoms with E-state index < -0.39 is 0 Å². The van der Waals surface area contributed by atoms with Crippen LogP contribution in [0.1, 0.15) is 47.5 Å². The summed E-state index contributed by atoms with van der Waals surface area (Å²) in [6.45, 7) is 0. The number of benzene rings is 1. The molecule has 0 heterocycles. The average molecular weight is 218 g/mol. The van der Waals surface area contributed by atoms with Gasteiger partial charge in [0.2, 0.25) is 5.91 Å². The summed E-state index contributed by atoms with van der Waals surface area (Å²) >= 11 is 0. The fraction of sp³-hybridized carbons (Fsp3) is 0.462. The highest BCUT2D eigenvalue weighted by atomic mass is 16.1. The number of rotatable bonds is 2. The van der Waals surface area contributed by atoms with Crippen LogP contribution in [0.4, 0.5) is 0 Å². The summed E-state index contributed by atoms with van der Waals surface area (Å²) in [7, 11) is 0. The van der Waals surface area contributed by atoms with E-state index in [0.717, 1.165) is 18.4 Å². The minimum Gasteiger partial charge on any atom is -0.366 e. The van der Waals surface area contributed by atoms with Crippen LogP contribution < -0.4 is 11.5 Å². The summed E-state index contributed by atoms with van der Waals surface area (Å²) in [5.74, 6) is -0.0641. The third kappa shape index (κ3) is 2.09. The molecule has 1 fully saturated rings. The van der Waals surface area contributed by atoms with Crippen LogP contribution in [0.25, 0.3) is 0 Å². The molecule has 2 atom stereocenters. The van der Waals surface area contributed by atoms with Crippen LogP contribution in [-0.4, -0.2) is 11.9 Å². The molecular formula is C13H18N2O. The lowest BCUT2D eigenvalue weighted by Crippen LogP contribution is -2.32. The first-order valence-electron chi connectivity index (χ1n) is 5.84. The Morgan fingerprint density at radius 1 is 1.19 bits per heavy atom. The highest BCUT2D eigenvalue weighted by Crippen LogP contribution is 2.33. The van der Waals surface area contributed by atoms with Crippen molar-refractivity contribution in [2.75, 3.05) is 0 Å². The van der Waals surface area contributed by atoms with Crippen molar-refractivity contribution in [2.45, 2.75) is 37.6 Å². The number of hydrogen-bond donors (Lipinski definition) is 2. The Morgan fingerprint density at radius 3 is 2.56 bits per heavy atom. The molecule has 1 aliphatic rings. The summed E-state index contributed by atoms with van der Waals surface area (Å²) < 4.78 is 0. The van der Waals surface area contributed by atoms with Crippen LogP contribution in [0.2, 0.25) is 0 Å². The highest BCUT2D eigenvalue weighted by molar-refractivity contribution is 5.94. The molecule has 3 heteroatoms. The second kappa shape index (κ2) is 4.66. The van der Waals surface area contributed by atoms with Crippen molar-refractivity contribution in [3.63, 3.8) is 0 Å². The van der Waals surface area contributed by atoms with E-state index in [1.165, 1.54) is 12.8 Å². The van der Waals surface area contributed by atoms with Gasteiger partial charge in [-0.3, -0.25) is 4.79 Å². The summed E-state index contributed by atoms with van der Waals surface area (Å²) in [4.78, 5) is 11.4. The van der Waals surface area contributed by atoms with Gasteiger partial charge in [-0.1, -0.05) is 31.0 Å². The van der Waals surface area contributed by atoms with Gasteiger partial charge in [-0.15, -0.1) is 0 Å². The first-order chi connectivity index (χ1) is 7.70. The van der Waals surface area contributed by atoms with E-state index in [4.69, 9.17) is 11.5 Å². The quantitative estimate of drug-likeness (QED) is 0.794. The van der Waals surface area contributed by atoms with Crippen LogP contribution in [0.15, 0.2) is 24.3 Å². The minimum atomic E-state index is -0.353. The van der Waals surface area contributed by atoms with Crippen molar-refractivity contribution >= 4 is 5.91 Å². The molecule has 0 aromatic heterocycles. The molecule has 2 rings (SSSR count). The molecule has 1 aromatic rings. The van der Waals surface area contributed by atoms with Crippen molar-refractivity contribution in [3.05, 3.63) is 35.4 Å². The lowest BCUT2D eigenvalue weighted by atomic mass is 9.79. The number of hydrogen-bond acceptors (Lipinski definition) is 2. The molecule has 0 radical (unpaired) electrons. The molecule has 1 aromatic carbocycles. The molecule has 4 N–H and O–H groups in total. The summed E-state index contributed by atoms with van der Waals surface area (Å²) in [5.41, 5.74) is 13.2. The van der Waals surface area contributed by atoms with Gasteiger partial charge in [0.15, 0.2) is 0 Å². The number of primary amides is 1. The Kier molecular flexibility index (Phi) is 3.25.